The Morgan fingerprint density at radius 1 is 1.13 bits per heavy atom. The average molecular weight is 407 g/mol. The molecule has 158 valence electrons. The molecule has 0 spiro atoms. The SMILES string of the molecule is COc1cc(C=NC2=C(C)[C@H](C)N(c3ccccc3)C2=O)ccc1OCCC(C)C. The number of amides is 1. The van der Waals surface area contributed by atoms with E-state index < -0.39 is 0 Å². The first kappa shape index (κ1) is 21.6. The molecule has 1 aliphatic rings. The summed E-state index contributed by atoms with van der Waals surface area (Å²) in [4.78, 5) is 19.3. The molecule has 5 nitrogen and oxygen atoms in total. The summed E-state index contributed by atoms with van der Waals surface area (Å²) in [6.45, 7) is 8.97. The van der Waals surface area contributed by atoms with Crippen molar-refractivity contribution >= 4 is 17.8 Å². The lowest BCUT2D eigenvalue weighted by atomic mass is 10.1. The number of nitrogens with zero attached hydrogens (tertiary/aromatic N) is 2. The third kappa shape index (κ3) is 4.73. The molecule has 0 N–H and O–H groups in total. The fraction of sp³-hybridized carbons (Fsp3) is 0.360. The van der Waals surface area contributed by atoms with E-state index in [1.54, 1.807) is 18.2 Å². The Morgan fingerprint density at radius 3 is 2.53 bits per heavy atom. The summed E-state index contributed by atoms with van der Waals surface area (Å²) in [5, 5.41) is 0. The maximum Gasteiger partial charge on any atom is 0.277 e. The zero-order valence-corrected chi connectivity index (χ0v) is 18.4. The summed E-state index contributed by atoms with van der Waals surface area (Å²) in [6, 6.07) is 15.3. The normalized spacial score (nSPS) is 16.8. The monoisotopic (exact) mass is 406 g/mol. The summed E-state index contributed by atoms with van der Waals surface area (Å²) in [7, 11) is 1.62. The zero-order chi connectivity index (χ0) is 21.7. The Kier molecular flexibility index (Phi) is 6.93. The number of aliphatic imine (C=N–C) groups is 1. The lowest BCUT2D eigenvalue weighted by Crippen LogP contribution is -2.33. The highest BCUT2D eigenvalue weighted by Gasteiger charge is 2.35. The van der Waals surface area contributed by atoms with Crippen LogP contribution in [0.3, 0.4) is 0 Å². The molecule has 30 heavy (non-hydrogen) atoms. The number of para-hydroxylation sites is 1. The minimum Gasteiger partial charge on any atom is -0.493 e. The van der Waals surface area contributed by atoms with Gasteiger partial charge in [0.05, 0.1) is 19.8 Å². The first-order chi connectivity index (χ1) is 14.4. The number of carbonyl (C=O) groups excluding carboxylic acids is 1. The summed E-state index contributed by atoms with van der Waals surface area (Å²) in [6.07, 6.45) is 2.69. The molecule has 1 amide bonds. The van der Waals surface area contributed by atoms with Gasteiger partial charge in [0, 0.05) is 11.9 Å². The lowest BCUT2D eigenvalue weighted by Gasteiger charge is -2.22. The highest BCUT2D eigenvalue weighted by molar-refractivity contribution is 6.10. The second kappa shape index (κ2) is 9.61. The molecule has 0 fully saturated rings. The molecule has 1 atom stereocenters. The quantitative estimate of drug-likeness (QED) is 0.563. The Bertz CT molecular complexity index is 948. The Hall–Kier alpha value is -3.08. The fourth-order valence-corrected chi connectivity index (χ4v) is 3.36. The number of ether oxygens (including phenoxy) is 2. The van der Waals surface area contributed by atoms with Crippen LogP contribution >= 0.6 is 0 Å². The molecule has 0 saturated heterocycles. The van der Waals surface area contributed by atoms with Crippen LogP contribution in [0, 0.1) is 5.92 Å². The van der Waals surface area contributed by atoms with Crippen LogP contribution in [-0.4, -0.2) is 31.9 Å². The zero-order valence-electron chi connectivity index (χ0n) is 18.4. The van der Waals surface area contributed by atoms with E-state index in [1.807, 2.05) is 62.4 Å². The van der Waals surface area contributed by atoms with Crippen molar-refractivity contribution in [3.8, 4) is 11.5 Å². The molecular weight excluding hydrogens is 376 g/mol. The summed E-state index contributed by atoms with van der Waals surface area (Å²) in [5.74, 6) is 1.88. The van der Waals surface area contributed by atoms with E-state index in [2.05, 4.69) is 18.8 Å². The van der Waals surface area contributed by atoms with Crippen molar-refractivity contribution < 1.29 is 14.3 Å². The molecule has 0 bridgehead atoms. The van der Waals surface area contributed by atoms with Gasteiger partial charge in [0.25, 0.3) is 5.91 Å². The molecule has 0 radical (unpaired) electrons. The van der Waals surface area contributed by atoms with Gasteiger partial charge >= 0.3 is 0 Å². The Labute approximate surface area is 179 Å². The number of benzene rings is 2. The van der Waals surface area contributed by atoms with Gasteiger partial charge < -0.3 is 14.4 Å². The van der Waals surface area contributed by atoms with Gasteiger partial charge in [-0.05, 0) is 67.7 Å². The van der Waals surface area contributed by atoms with E-state index in [0.717, 1.165) is 23.2 Å². The third-order valence-electron chi connectivity index (χ3n) is 5.33. The van der Waals surface area contributed by atoms with E-state index in [1.165, 1.54) is 0 Å². The molecule has 5 heteroatoms. The van der Waals surface area contributed by atoms with Crippen LogP contribution in [0.1, 0.15) is 39.7 Å². The molecule has 0 unspecified atom stereocenters. The minimum absolute atomic E-state index is 0.0293. The number of rotatable bonds is 8. The number of hydrogen-bond donors (Lipinski definition) is 0. The highest BCUT2D eigenvalue weighted by Crippen LogP contribution is 2.32. The molecule has 2 aromatic rings. The molecule has 1 aliphatic heterocycles. The smallest absolute Gasteiger partial charge is 0.277 e. The van der Waals surface area contributed by atoms with E-state index in [9.17, 15) is 4.79 Å². The summed E-state index contributed by atoms with van der Waals surface area (Å²) in [5.41, 5.74) is 3.18. The average Bonchev–Trinajstić information content (AvgIpc) is 2.95. The molecule has 0 aliphatic carbocycles. The van der Waals surface area contributed by atoms with Crippen molar-refractivity contribution in [1.82, 2.24) is 0 Å². The summed E-state index contributed by atoms with van der Waals surface area (Å²) < 4.78 is 11.3. The molecule has 0 saturated carbocycles. The second-order valence-electron chi connectivity index (χ2n) is 7.92. The van der Waals surface area contributed by atoms with Crippen LogP contribution in [0.4, 0.5) is 5.69 Å². The van der Waals surface area contributed by atoms with E-state index in [0.29, 0.717) is 29.7 Å². The maximum absolute atomic E-state index is 13.0. The van der Waals surface area contributed by atoms with Crippen molar-refractivity contribution in [3.05, 3.63) is 65.4 Å². The number of methoxy groups -OCH3 is 1. The predicted octanol–water partition coefficient (Wildman–Crippen LogP) is 5.25. The van der Waals surface area contributed by atoms with Crippen molar-refractivity contribution in [2.75, 3.05) is 18.6 Å². The first-order valence-electron chi connectivity index (χ1n) is 10.4. The van der Waals surface area contributed by atoms with Crippen LogP contribution in [0.15, 0.2) is 64.8 Å². The van der Waals surface area contributed by atoms with Crippen LogP contribution in [0.2, 0.25) is 0 Å². The van der Waals surface area contributed by atoms with Crippen LogP contribution < -0.4 is 14.4 Å². The topological polar surface area (TPSA) is 51.1 Å². The number of carbonyl (C=O) groups is 1. The molecule has 1 heterocycles. The molecular formula is C25H30N2O3. The third-order valence-corrected chi connectivity index (χ3v) is 5.33. The second-order valence-corrected chi connectivity index (χ2v) is 7.92. The largest absolute Gasteiger partial charge is 0.493 e. The molecule has 2 aromatic carbocycles. The van der Waals surface area contributed by atoms with Gasteiger partial charge in [0.1, 0.15) is 5.70 Å². The van der Waals surface area contributed by atoms with Crippen molar-refractivity contribution in [3.63, 3.8) is 0 Å². The van der Waals surface area contributed by atoms with Crippen molar-refractivity contribution in [1.29, 1.82) is 0 Å². The van der Waals surface area contributed by atoms with Gasteiger partial charge in [0.15, 0.2) is 11.5 Å². The van der Waals surface area contributed by atoms with Gasteiger partial charge in [-0.2, -0.15) is 0 Å². The number of anilines is 1. The lowest BCUT2D eigenvalue weighted by molar-refractivity contribution is -0.114. The standard InChI is InChI=1S/C25H30N2O3/c1-17(2)13-14-30-22-12-11-20(15-23(22)29-5)16-26-24-18(3)19(4)27(25(24)28)21-9-7-6-8-10-21/h6-12,15-17,19H,13-14H2,1-5H3/t19-/m0/s1. The highest BCUT2D eigenvalue weighted by atomic mass is 16.5. The van der Waals surface area contributed by atoms with E-state index in [-0.39, 0.29) is 11.9 Å². The van der Waals surface area contributed by atoms with Crippen LogP contribution in [-0.2, 0) is 4.79 Å². The van der Waals surface area contributed by atoms with Crippen molar-refractivity contribution in [2.24, 2.45) is 10.9 Å². The molecule has 0 aromatic heterocycles. The fourth-order valence-electron chi connectivity index (χ4n) is 3.36. The van der Waals surface area contributed by atoms with Gasteiger partial charge in [-0.1, -0.05) is 32.0 Å². The summed E-state index contributed by atoms with van der Waals surface area (Å²) >= 11 is 0. The van der Waals surface area contributed by atoms with Gasteiger partial charge in [-0.25, -0.2) is 0 Å². The van der Waals surface area contributed by atoms with Crippen molar-refractivity contribution in [2.45, 2.75) is 40.2 Å². The van der Waals surface area contributed by atoms with Crippen LogP contribution in [0.25, 0.3) is 0 Å². The maximum atomic E-state index is 13.0. The minimum atomic E-state index is -0.0805. The Morgan fingerprint density at radius 2 is 1.87 bits per heavy atom. The molecule has 3 rings (SSSR count). The van der Waals surface area contributed by atoms with Crippen LogP contribution in [0.5, 0.6) is 11.5 Å². The Balaban J connectivity index is 1.77. The van der Waals surface area contributed by atoms with E-state index >= 15 is 0 Å². The van der Waals surface area contributed by atoms with Gasteiger partial charge in [0.2, 0.25) is 0 Å². The van der Waals surface area contributed by atoms with E-state index in [4.69, 9.17) is 9.47 Å². The van der Waals surface area contributed by atoms with Gasteiger partial charge in [-0.3, -0.25) is 9.79 Å². The number of hydrogen-bond acceptors (Lipinski definition) is 4. The van der Waals surface area contributed by atoms with Gasteiger partial charge in [-0.15, -0.1) is 0 Å². The predicted molar refractivity (Wildman–Crippen MR) is 122 cm³/mol. The first-order valence-corrected chi connectivity index (χ1v) is 10.4.